The molecule has 1 aromatic heterocycles. The quantitative estimate of drug-likeness (QED) is 0.747. The van der Waals surface area contributed by atoms with Gasteiger partial charge in [0.1, 0.15) is 6.04 Å². The maximum absolute atomic E-state index is 12.1. The van der Waals surface area contributed by atoms with E-state index in [-0.39, 0.29) is 6.04 Å². The highest BCUT2D eigenvalue weighted by Gasteiger charge is 2.22. The molecule has 1 aromatic rings. The van der Waals surface area contributed by atoms with Crippen LogP contribution < -0.4 is 5.32 Å². The Morgan fingerprint density at radius 1 is 1.55 bits per heavy atom. The Morgan fingerprint density at radius 2 is 2.20 bits per heavy atom. The number of carboxylic acid groups (broad SMARTS) is 1. The minimum Gasteiger partial charge on any atom is -0.480 e. The van der Waals surface area contributed by atoms with Gasteiger partial charge in [0.25, 0.3) is 5.91 Å². The van der Waals surface area contributed by atoms with Gasteiger partial charge >= 0.3 is 5.97 Å². The van der Waals surface area contributed by atoms with E-state index in [1.165, 1.54) is 6.20 Å². The van der Waals surface area contributed by atoms with E-state index >= 15 is 0 Å². The highest BCUT2D eigenvalue weighted by Crippen LogP contribution is 2.13. The highest BCUT2D eigenvalue weighted by molar-refractivity contribution is 5.97. The summed E-state index contributed by atoms with van der Waals surface area (Å²) in [7, 11) is 0. The third kappa shape index (κ3) is 3.69. The van der Waals surface area contributed by atoms with Gasteiger partial charge in [0.05, 0.1) is 11.8 Å². The highest BCUT2D eigenvalue weighted by atomic mass is 16.4. The number of aromatic nitrogens is 2. The summed E-state index contributed by atoms with van der Waals surface area (Å²) in [6, 6.07) is -0.769. The number of hydrogen-bond acceptors (Lipinski definition) is 3. The van der Waals surface area contributed by atoms with Crippen LogP contribution in [0.4, 0.5) is 0 Å². The van der Waals surface area contributed by atoms with Crippen molar-refractivity contribution in [3.8, 4) is 0 Å². The molecule has 0 aromatic carbocycles. The summed E-state index contributed by atoms with van der Waals surface area (Å²) in [5, 5.41) is 15.8. The first kappa shape index (κ1) is 15.9. The maximum atomic E-state index is 12.1. The number of carboxylic acids is 1. The largest absolute Gasteiger partial charge is 0.480 e. The van der Waals surface area contributed by atoms with Crippen LogP contribution in [0.15, 0.2) is 18.9 Å². The van der Waals surface area contributed by atoms with Crippen LogP contribution in [0, 0.1) is 6.92 Å². The molecule has 0 spiro atoms. The van der Waals surface area contributed by atoms with E-state index in [0.29, 0.717) is 18.4 Å². The number of rotatable bonds is 7. The van der Waals surface area contributed by atoms with Gasteiger partial charge in [-0.3, -0.25) is 9.48 Å². The van der Waals surface area contributed by atoms with E-state index in [9.17, 15) is 9.59 Å². The van der Waals surface area contributed by atoms with Crippen LogP contribution in [0.2, 0.25) is 0 Å². The molecule has 1 unspecified atom stereocenters. The van der Waals surface area contributed by atoms with Crippen molar-refractivity contribution in [2.24, 2.45) is 0 Å². The predicted molar refractivity (Wildman–Crippen MR) is 75.7 cm³/mol. The van der Waals surface area contributed by atoms with E-state index < -0.39 is 17.9 Å². The van der Waals surface area contributed by atoms with Gasteiger partial charge in [0.15, 0.2) is 0 Å². The summed E-state index contributed by atoms with van der Waals surface area (Å²) >= 11 is 0. The number of allylic oxidation sites excluding steroid dienone is 1. The van der Waals surface area contributed by atoms with Crippen molar-refractivity contribution in [2.75, 3.05) is 0 Å². The number of aliphatic carboxylic acids is 1. The molecule has 6 nitrogen and oxygen atoms in total. The topological polar surface area (TPSA) is 84.2 Å². The van der Waals surface area contributed by atoms with Crippen molar-refractivity contribution in [1.82, 2.24) is 15.1 Å². The van der Waals surface area contributed by atoms with Gasteiger partial charge in [-0.2, -0.15) is 5.10 Å². The minimum absolute atomic E-state index is 0.146. The standard InChI is InChI=1S/C14H21N3O3/c1-5-6-7-12(14(19)20)16-13(18)11-8-15-17(9(2)3)10(11)4/h5,8-9,12H,1,6-7H2,2-4H3,(H,16,18)(H,19,20). The van der Waals surface area contributed by atoms with Crippen molar-refractivity contribution in [3.05, 3.63) is 30.1 Å². The molecule has 1 amide bonds. The molecule has 110 valence electrons. The first-order chi connectivity index (χ1) is 9.38. The lowest BCUT2D eigenvalue weighted by Crippen LogP contribution is -2.40. The lowest BCUT2D eigenvalue weighted by atomic mass is 10.1. The van der Waals surface area contributed by atoms with Gasteiger partial charge in [0, 0.05) is 11.7 Å². The van der Waals surface area contributed by atoms with Crippen molar-refractivity contribution in [1.29, 1.82) is 0 Å². The van der Waals surface area contributed by atoms with Crippen molar-refractivity contribution < 1.29 is 14.7 Å². The maximum Gasteiger partial charge on any atom is 0.326 e. The molecule has 1 atom stereocenters. The molecule has 0 radical (unpaired) electrons. The summed E-state index contributed by atoms with van der Waals surface area (Å²) in [5.41, 5.74) is 1.13. The zero-order valence-corrected chi connectivity index (χ0v) is 12.1. The van der Waals surface area contributed by atoms with E-state index in [1.807, 2.05) is 13.8 Å². The average Bonchev–Trinajstić information content (AvgIpc) is 2.75. The molecule has 20 heavy (non-hydrogen) atoms. The molecule has 0 saturated heterocycles. The zero-order chi connectivity index (χ0) is 15.3. The molecule has 0 saturated carbocycles. The fraction of sp³-hybridized carbons (Fsp3) is 0.500. The molecule has 0 aliphatic rings. The van der Waals surface area contributed by atoms with Crippen LogP contribution in [0.3, 0.4) is 0 Å². The lowest BCUT2D eigenvalue weighted by molar-refractivity contribution is -0.139. The van der Waals surface area contributed by atoms with E-state index in [4.69, 9.17) is 5.11 Å². The number of carbonyl (C=O) groups is 2. The van der Waals surface area contributed by atoms with Crippen LogP contribution >= 0.6 is 0 Å². The van der Waals surface area contributed by atoms with E-state index in [0.717, 1.165) is 5.69 Å². The summed E-state index contributed by atoms with van der Waals surface area (Å²) < 4.78 is 1.73. The van der Waals surface area contributed by atoms with Crippen molar-refractivity contribution >= 4 is 11.9 Å². The van der Waals surface area contributed by atoms with Crippen LogP contribution in [0.5, 0.6) is 0 Å². The Labute approximate surface area is 118 Å². The molecule has 2 N–H and O–H groups in total. The van der Waals surface area contributed by atoms with Gasteiger partial charge in [-0.05, 0) is 33.6 Å². The van der Waals surface area contributed by atoms with Crippen LogP contribution in [0.1, 0.15) is 48.8 Å². The van der Waals surface area contributed by atoms with E-state index in [2.05, 4.69) is 17.0 Å². The van der Waals surface area contributed by atoms with E-state index in [1.54, 1.807) is 17.7 Å². The first-order valence-corrected chi connectivity index (χ1v) is 6.57. The number of nitrogens with zero attached hydrogens (tertiary/aromatic N) is 2. The molecule has 0 aliphatic carbocycles. The van der Waals surface area contributed by atoms with Gasteiger partial charge in [-0.15, -0.1) is 6.58 Å². The zero-order valence-electron chi connectivity index (χ0n) is 12.1. The molecular formula is C14H21N3O3. The second-order valence-corrected chi connectivity index (χ2v) is 4.91. The molecule has 0 fully saturated rings. The Hall–Kier alpha value is -2.11. The second-order valence-electron chi connectivity index (χ2n) is 4.91. The number of hydrogen-bond donors (Lipinski definition) is 2. The van der Waals surface area contributed by atoms with Crippen LogP contribution in [-0.2, 0) is 4.79 Å². The normalized spacial score (nSPS) is 12.2. The predicted octanol–water partition coefficient (Wildman–Crippen LogP) is 1.92. The number of amides is 1. The number of carbonyl (C=O) groups excluding carboxylic acids is 1. The Balaban J connectivity index is 2.84. The second kappa shape index (κ2) is 6.88. The fourth-order valence-corrected chi connectivity index (χ4v) is 1.94. The fourth-order valence-electron chi connectivity index (χ4n) is 1.94. The molecular weight excluding hydrogens is 258 g/mol. The smallest absolute Gasteiger partial charge is 0.326 e. The monoisotopic (exact) mass is 279 g/mol. The molecule has 1 heterocycles. The average molecular weight is 279 g/mol. The Kier molecular flexibility index (Phi) is 5.49. The Bertz CT molecular complexity index is 506. The summed E-state index contributed by atoms with van der Waals surface area (Å²) in [6.45, 7) is 9.27. The molecule has 1 rings (SSSR count). The minimum atomic E-state index is -1.05. The van der Waals surface area contributed by atoms with Crippen LogP contribution in [0.25, 0.3) is 0 Å². The number of nitrogens with one attached hydrogen (secondary N) is 1. The SMILES string of the molecule is C=CCCC(NC(=O)c1cnn(C(C)C)c1C)C(=O)O. The van der Waals surface area contributed by atoms with Crippen molar-refractivity contribution in [3.63, 3.8) is 0 Å². The van der Waals surface area contributed by atoms with Crippen molar-refractivity contribution in [2.45, 2.75) is 45.7 Å². The first-order valence-electron chi connectivity index (χ1n) is 6.57. The summed E-state index contributed by atoms with van der Waals surface area (Å²) in [6.07, 6.45) is 3.95. The van der Waals surface area contributed by atoms with Gasteiger partial charge < -0.3 is 10.4 Å². The van der Waals surface area contributed by atoms with Gasteiger partial charge in [-0.1, -0.05) is 6.08 Å². The Morgan fingerprint density at radius 3 is 2.65 bits per heavy atom. The van der Waals surface area contributed by atoms with Crippen LogP contribution in [-0.4, -0.2) is 32.8 Å². The van der Waals surface area contributed by atoms with Gasteiger partial charge in [0.2, 0.25) is 0 Å². The molecule has 6 heteroatoms. The summed E-state index contributed by atoms with van der Waals surface area (Å²) in [4.78, 5) is 23.2. The third-order valence-corrected chi connectivity index (χ3v) is 3.04. The molecule has 0 aliphatic heterocycles. The van der Waals surface area contributed by atoms with Gasteiger partial charge in [-0.25, -0.2) is 4.79 Å². The lowest BCUT2D eigenvalue weighted by Gasteiger charge is -2.14. The third-order valence-electron chi connectivity index (χ3n) is 3.04. The molecule has 0 bridgehead atoms. The summed E-state index contributed by atoms with van der Waals surface area (Å²) in [5.74, 6) is -1.46.